The van der Waals surface area contributed by atoms with Crippen molar-refractivity contribution in [3.05, 3.63) is 107 Å². The lowest BCUT2D eigenvalue weighted by molar-refractivity contribution is 0.0936. The summed E-state index contributed by atoms with van der Waals surface area (Å²) in [7, 11) is 0. The van der Waals surface area contributed by atoms with E-state index in [1.807, 2.05) is 54.1 Å². The van der Waals surface area contributed by atoms with Crippen LogP contribution in [0.1, 0.15) is 49.9 Å². The molecule has 4 heterocycles. The molecule has 2 aromatic carbocycles. The van der Waals surface area contributed by atoms with Crippen molar-refractivity contribution in [2.24, 2.45) is 0 Å². The highest BCUT2D eigenvalue weighted by Crippen LogP contribution is 2.36. The first-order chi connectivity index (χ1) is 20.9. The van der Waals surface area contributed by atoms with Gasteiger partial charge in [-0.3, -0.25) is 14.2 Å². The molecule has 0 fully saturated rings. The van der Waals surface area contributed by atoms with Crippen LogP contribution < -0.4 is 11.1 Å². The number of hydrogen-bond donors (Lipinski definition) is 3. The van der Waals surface area contributed by atoms with Crippen LogP contribution in [0.4, 0.5) is 5.82 Å². The molecule has 11 nitrogen and oxygen atoms in total. The number of nitrogen functional groups attached to an aromatic ring is 1. The third-order valence-corrected chi connectivity index (χ3v) is 7.70. The molecule has 1 aliphatic carbocycles. The van der Waals surface area contributed by atoms with Crippen molar-refractivity contribution in [1.29, 1.82) is 0 Å². The van der Waals surface area contributed by atoms with Crippen LogP contribution in [-0.4, -0.2) is 46.6 Å². The molecular weight excluding hydrogens is 544 g/mol. The van der Waals surface area contributed by atoms with E-state index in [1.165, 1.54) is 18.2 Å². The maximum atomic E-state index is 13.0. The number of rotatable bonds is 6. The predicted octanol–water partition coefficient (Wildman–Crippen LogP) is 4.49. The Morgan fingerprint density at radius 3 is 2.79 bits per heavy atom. The second-order valence-electron chi connectivity index (χ2n) is 10.5. The highest BCUT2D eigenvalue weighted by Gasteiger charge is 2.26. The lowest BCUT2D eigenvalue weighted by atomic mass is 10.1. The number of amides is 1. The van der Waals surface area contributed by atoms with Gasteiger partial charge in [0.15, 0.2) is 23.6 Å². The molecule has 7 rings (SSSR count). The van der Waals surface area contributed by atoms with E-state index in [-0.39, 0.29) is 23.3 Å². The number of fused-ring (bicyclic) bond motifs is 2. The van der Waals surface area contributed by atoms with E-state index >= 15 is 0 Å². The van der Waals surface area contributed by atoms with Gasteiger partial charge in [-0.05, 0) is 91.1 Å². The molecule has 4 aromatic heterocycles. The van der Waals surface area contributed by atoms with Gasteiger partial charge < -0.3 is 16.2 Å². The largest absolute Gasteiger partial charge is 0.507 e. The summed E-state index contributed by atoms with van der Waals surface area (Å²) in [5, 5.41) is 17.3. The number of imidazole rings is 1. The third kappa shape index (κ3) is 4.56. The molecule has 1 atom stereocenters. The van der Waals surface area contributed by atoms with Crippen LogP contribution in [0.25, 0.3) is 34.1 Å². The number of phenolic OH excluding ortho intramolecular Hbond substituents is 1. The van der Waals surface area contributed by atoms with Gasteiger partial charge in [-0.25, -0.2) is 19.6 Å². The molecule has 1 aliphatic rings. The highest BCUT2D eigenvalue weighted by molar-refractivity contribution is 5.96. The number of phenols is 1. The van der Waals surface area contributed by atoms with E-state index in [9.17, 15) is 14.7 Å². The van der Waals surface area contributed by atoms with Crippen molar-refractivity contribution in [1.82, 2.24) is 34.6 Å². The number of aromatic nitrogens is 6. The standard InChI is InChI=1S/C32H26N8O3/c1-18-15-35-39(16-18)28-11-9-26-31(38-28)40(30(36-26)24-3-2-12-34-29(24)33)22-6-7-23-19(14-22)4-8-25(23)37-32(43)20-5-10-27(42)21(13-20)17-41/h2-3,5-7,9-17,25,42H,4,8H2,1H3,(H2,33,34)(H,37,43)/t25-/m0/s1. The molecule has 6 aromatic rings. The summed E-state index contributed by atoms with van der Waals surface area (Å²) in [5.41, 5.74) is 12.7. The summed E-state index contributed by atoms with van der Waals surface area (Å²) < 4.78 is 3.71. The zero-order chi connectivity index (χ0) is 29.7. The van der Waals surface area contributed by atoms with Gasteiger partial charge in [0.05, 0.1) is 23.4 Å². The zero-order valence-corrected chi connectivity index (χ0v) is 23.1. The highest BCUT2D eigenvalue weighted by atomic mass is 16.3. The lowest BCUT2D eigenvalue weighted by Crippen LogP contribution is -2.27. The van der Waals surface area contributed by atoms with E-state index in [4.69, 9.17) is 15.7 Å². The van der Waals surface area contributed by atoms with Crippen molar-refractivity contribution in [2.45, 2.75) is 25.8 Å². The van der Waals surface area contributed by atoms with Crippen molar-refractivity contribution < 1.29 is 14.7 Å². The van der Waals surface area contributed by atoms with Crippen LogP contribution in [-0.2, 0) is 6.42 Å². The van der Waals surface area contributed by atoms with Crippen molar-refractivity contribution in [2.75, 3.05) is 5.73 Å². The topological polar surface area (TPSA) is 154 Å². The van der Waals surface area contributed by atoms with Gasteiger partial charge in [0.1, 0.15) is 17.1 Å². The van der Waals surface area contributed by atoms with Crippen LogP contribution in [0.3, 0.4) is 0 Å². The van der Waals surface area contributed by atoms with Crippen LogP contribution >= 0.6 is 0 Å². The number of aryl methyl sites for hydroxylation is 2. The Morgan fingerprint density at radius 2 is 2.00 bits per heavy atom. The minimum absolute atomic E-state index is 0.0705. The number of pyridine rings is 2. The first kappa shape index (κ1) is 26.1. The molecule has 0 saturated heterocycles. The third-order valence-electron chi connectivity index (χ3n) is 7.70. The Morgan fingerprint density at radius 1 is 1.12 bits per heavy atom. The van der Waals surface area contributed by atoms with Crippen LogP contribution in [0, 0.1) is 6.92 Å². The summed E-state index contributed by atoms with van der Waals surface area (Å²) in [6.07, 6.45) is 7.34. The van der Waals surface area contributed by atoms with Gasteiger partial charge in [-0.2, -0.15) is 5.10 Å². The Kier molecular flexibility index (Phi) is 6.19. The normalized spacial score (nSPS) is 14.1. The van der Waals surface area contributed by atoms with E-state index in [1.54, 1.807) is 17.1 Å². The van der Waals surface area contributed by atoms with Crippen molar-refractivity contribution >= 4 is 29.2 Å². The summed E-state index contributed by atoms with van der Waals surface area (Å²) in [5.74, 6) is 1.15. The number of nitrogens with one attached hydrogen (secondary N) is 1. The summed E-state index contributed by atoms with van der Waals surface area (Å²) in [6.45, 7) is 1.98. The van der Waals surface area contributed by atoms with E-state index in [2.05, 4.69) is 21.5 Å². The Labute approximate surface area is 245 Å². The molecule has 43 heavy (non-hydrogen) atoms. The van der Waals surface area contributed by atoms with Gasteiger partial charge in [-0.15, -0.1) is 0 Å². The van der Waals surface area contributed by atoms with Gasteiger partial charge in [-0.1, -0.05) is 6.07 Å². The predicted molar refractivity (Wildman–Crippen MR) is 160 cm³/mol. The average molecular weight is 571 g/mol. The van der Waals surface area contributed by atoms with Crippen molar-refractivity contribution in [3.8, 4) is 28.6 Å². The van der Waals surface area contributed by atoms with Gasteiger partial charge >= 0.3 is 0 Å². The monoisotopic (exact) mass is 570 g/mol. The summed E-state index contributed by atoms with van der Waals surface area (Å²) in [6, 6.07) is 17.6. The Bertz CT molecular complexity index is 2060. The van der Waals surface area contributed by atoms with Gasteiger partial charge in [0.25, 0.3) is 5.91 Å². The number of benzene rings is 2. The Balaban J connectivity index is 1.29. The number of nitrogens with two attached hydrogens (primary N) is 1. The first-order valence-corrected chi connectivity index (χ1v) is 13.7. The molecule has 4 N–H and O–H groups in total. The van der Waals surface area contributed by atoms with Crippen LogP contribution in [0.2, 0.25) is 0 Å². The molecule has 0 radical (unpaired) electrons. The molecule has 0 aliphatic heterocycles. The molecule has 0 unspecified atom stereocenters. The fourth-order valence-corrected chi connectivity index (χ4v) is 5.57. The smallest absolute Gasteiger partial charge is 0.251 e. The Hall–Kier alpha value is -5.84. The van der Waals surface area contributed by atoms with E-state index < -0.39 is 0 Å². The molecule has 11 heteroatoms. The van der Waals surface area contributed by atoms with Crippen LogP contribution in [0.15, 0.2) is 79.3 Å². The zero-order valence-electron chi connectivity index (χ0n) is 23.1. The van der Waals surface area contributed by atoms with Crippen LogP contribution in [0.5, 0.6) is 5.75 Å². The number of carbonyl (C=O) groups excluding carboxylic acids is 2. The SMILES string of the molecule is Cc1cnn(-c2ccc3nc(-c4cccnc4N)n(-c4ccc5c(c4)CC[C@@H]5NC(=O)c4ccc(O)c(C=O)c4)c3n2)c1. The van der Waals surface area contributed by atoms with E-state index in [0.29, 0.717) is 46.0 Å². The minimum atomic E-state index is -0.314. The maximum absolute atomic E-state index is 13.0. The molecule has 0 spiro atoms. The molecule has 1 amide bonds. The lowest BCUT2D eigenvalue weighted by Gasteiger charge is -2.16. The number of aldehydes is 1. The second-order valence-corrected chi connectivity index (χ2v) is 10.5. The fraction of sp³-hybridized carbons (Fsp3) is 0.125. The molecular formula is C32H26N8O3. The summed E-state index contributed by atoms with van der Waals surface area (Å²) in [4.78, 5) is 38.4. The number of hydrogen-bond acceptors (Lipinski definition) is 8. The van der Waals surface area contributed by atoms with Gasteiger partial charge in [0, 0.05) is 23.6 Å². The summed E-state index contributed by atoms with van der Waals surface area (Å²) >= 11 is 0. The second kappa shape index (κ2) is 10.2. The first-order valence-electron chi connectivity index (χ1n) is 13.7. The molecule has 212 valence electrons. The van der Waals surface area contributed by atoms with Gasteiger partial charge in [0.2, 0.25) is 0 Å². The minimum Gasteiger partial charge on any atom is -0.507 e. The maximum Gasteiger partial charge on any atom is 0.251 e. The van der Waals surface area contributed by atoms with Crippen molar-refractivity contribution in [3.63, 3.8) is 0 Å². The number of aromatic hydroxyl groups is 1. The molecule has 0 saturated carbocycles. The number of carbonyl (C=O) groups is 2. The van der Waals surface area contributed by atoms with E-state index in [0.717, 1.165) is 35.2 Å². The molecule has 0 bridgehead atoms. The quantitative estimate of drug-likeness (QED) is 0.248. The number of nitrogens with zero attached hydrogens (tertiary/aromatic N) is 6. The average Bonchev–Trinajstić information content (AvgIpc) is 3.73. The fourth-order valence-electron chi connectivity index (χ4n) is 5.57. The number of anilines is 1.